The molecular formula is C17H25Cl2N. The average molecular weight is 314 g/mol. The molecule has 0 aromatic heterocycles. The van der Waals surface area contributed by atoms with Crippen molar-refractivity contribution in [1.29, 1.82) is 0 Å². The van der Waals surface area contributed by atoms with Gasteiger partial charge in [-0.25, -0.2) is 0 Å². The van der Waals surface area contributed by atoms with Gasteiger partial charge >= 0.3 is 0 Å². The van der Waals surface area contributed by atoms with Crippen LogP contribution in [0, 0.1) is 11.8 Å². The van der Waals surface area contributed by atoms with Gasteiger partial charge in [-0.05, 0) is 76.1 Å². The molecule has 1 aromatic rings. The van der Waals surface area contributed by atoms with Gasteiger partial charge in [-0.3, -0.25) is 0 Å². The van der Waals surface area contributed by atoms with E-state index in [0.717, 1.165) is 34.8 Å². The maximum Gasteiger partial charge on any atom is 0.0452 e. The largest absolute Gasteiger partial charge is 0.312 e. The molecule has 0 saturated heterocycles. The molecule has 0 aliphatic heterocycles. The first-order valence-electron chi connectivity index (χ1n) is 7.54. The van der Waals surface area contributed by atoms with Crippen LogP contribution in [0.3, 0.4) is 0 Å². The van der Waals surface area contributed by atoms with Crippen molar-refractivity contribution in [3.05, 3.63) is 33.8 Å². The fraction of sp³-hybridized carbons (Fsp3) is 0.647. The van der Waals surface area contributed by atoms with Crippen LogP contribution in [0.5, 0.6) is 0 Å². The minimum Gasteiger partial charge on any atom is -0.312 e. The van der Waals surface area contributed by atoms with E-state index in [1.807, 2.05) is 12.1 Å². The predicted octanol–water partition coefficient (Wildman–Crippen LogP) is 5.34. The van der Waals surface area contributed by atoms with Crippen LogP contribution in [0.15, 0.2) is 18.2 Å². The topological polar surface area (TPSA) is 12.0 Å². The van der Waals surface area contributed by atoms with Crippen molar-refractivity contribution >= 4 is 23.2 Å². The summed E-state index contributed by atoms with van der Waals surface area (Å²) in [5, 5.41) is 5.18. The molecule has 1 aliphatic carbocycles. The molecular weight excluding hydrogens is 289 g/mol. The van der Waals surface area contributed by atoms with Gasteiger partial charge in [0.05, 0.1) is 0 Å². The summed E-state index contributed by atoms with van der Waals surface area (Å²) in [5.41, 5.74) is 1.44. The van der Waals surface area contributed by atoms with E-state index in [1.165, 1.54) is 24.8 Å². The van der Waals surface area contributed by atoms with Crippen molar-refractivity contribution in [2.45, 2.75) is 52.0 Å². The molecule has 112 valence electrons. The molecule has 2 atom stereocenters. The SMILES string of the molecule is CC(C)(C)NCC1CCCC1Cc1ccc(Cl)cc1Cl. The van der Waals surface area contributed by atoms with E-state index < -0.39 is 0 Å². The summed E-state index contributed by atoms with van der Waals surface area (Å²) in [7, 11) is 0. The lowest BCUT2D eigenvalue weighted by molar-refractivity contribution is 0.317. The molecule has 2 rings (SSSR count). The van der Waals surface area contributed by atoms with E-state index >= 15 is 0 Å². The summed E-state index contributed by atoms with van der Waals surface area (Å²) in [6, 6.07) is 5.88. The summed E-state index contributed by atoms with van der Waals surface area (Å²) in [6.07, 6.45) is 5.06. The second-order valence-electron chi connectivity index (χ2n) is 7.02. The minimum absolute atomic E-state index is 0.199. The van der Waals surface area contributed by atoms with Crippen molar-refractivity contribution in [2.75, 3.05) is 6.54 Å². The van der Waals surface area contributed by atoms with Crippen molar-refractivity contribution in [1.82, 2.24) is 5.32 Å². The Kier molecular flexibility index (Phi) is 5.39. The molecule has 1 aliphatic rings. The fourth-order valence-corrected chi connectivity index (χ4v) is 3.54. The predicted molar refractivity (Wildman–Crippen MR) is 88.8 cm³/mol. The van der Waals surface area contributed by atoms with Gasteiger partial charge in [-0.1, -0.05) is 35.7 Å². The first-order valence-corrected chi connectivity index (χ1v) is 8.30. The Labute approximate surface area is 133 Å². The van der Waals surface area contributed by atoms with Crippen LogP contribution in [-0.4, -0.2) is 12.1 Å². The van der Waals surface area contributed by atoms with E-state index in [1.54, 1.807) is 0 Å². The first kappa shape index (κ1) is 16.1. The molecule has 0 amide bonds. The Morgan fingerprint density at radius 2 is 1.85 bits per heavy atom. The van der Waals surface area contributed by atoms with E-state index in [4.69, 9.17) is 23.2 Å². The van der Waals surface area contributed by atoms with Crippen molar-refractivity contribution in [2.24, 2.45) is 11.8 Å². The smallest absolute Gasteiger partial charge is 0.0452 e. The fourth-order valence-electron chi connectivity index (χ4n) is 3.06. The summed E-state index contributed by atoms with van der Waals surface area (Å²) in [6.45, 7) is 7.80. The molecule has 0 radical (unpaired) electrons. The Morgan fingerprint density at radius 3 is 2.50 bits per heavy atom. The summed E-state index contributed by atoms with van der Waals surface area (Å²) in [5.74, 6) is 1.50. The highest BCUT2D eigenvalue weighted by molar-refractivity contribution is 6.35. The normalized spacial score (nSPS) is 23.2. The molecule has 2 unspecified atom stereocenters. The lowest BCUT2D eigenvalue weighted by atomic mass is 9.89. The minimum atomic E-state index is 0.199. The van der Waals surface area contributed by atoms with Crippen LogP contribution in [0.1, 0.15) is 45.6 Å². The molecule has 0 bridgehead atoms. The zero-order valence-electron chi connectivity index (χ0n) is 12.7. The van der Waals surface area contributed by atoms with Crippen LogP contribution in [-0.2, 0) is 6.42 Å². The standard InChI is InChI=1S/C17H25Cl2N/c1-17(2,3)20-11-14-6-4-5-12(14)9-13-7-8-15(18)10-16(13)19/h7-8,10,12,14,20H,4-6,9,11H2,1-3H3. The van der Waals surface area contributed by atoms with Crippen LogP contribution in [0.2, 0.25) is 10.0 Å². The summed E-state index contributed by atoms with van der Waals surface area (Å²) in [4.78, 5) is 0. The van der Waals surface area contributed by atoms with Gasteiger partial charge < -0.3 is 5.32 Å². The van der Waals surface area contributed by atoms with Crippen LogP contribution < -0.4 is 5.32 Å². The zero-order chi connectivity index (χ0) is 14.8. The van der Waals surface area contributed by atoms with E-state index in [9.17, 15) is 0 Å². The van der Waals surface area contributed by atoms with E-state index in [0.29, 0.717) is 0 Å². The number of rotatable bonds is 4. The quantitative estimate of drug-likeness (QED) is 0.791. The van der Waals surface area contributed by atoms with E-state index in [-0.39, 0.29) is 5.54 Å². The van der Waals surface area contributed by atoms with Crippen LogP contribution in [0.25, 0.3) is 0 Å². The van der Waals surface area contributed by atoms with E-state index in [2.05, 4.69) is 32.2 Å². The van der Waals surface area contributed by atoms with Gasteiger partial charge in [-0.15, -0.1) is 0 Å². The highest BCUT2D eigenvalue weighted by Gasteiger charge is 2.28. The third-order valence-electron chi connectivity index (χ3n) is 4.21. The number of hydrogen-bond donors (Lipinski definition) is 1. The van der Waals surface area contributed by atoms with Crippen LogP contribution >= 0.6 is 23.2 Å². The van der Waals surface area contributed by atoms with Crippen molar-refractivity contribution in [3.63, 3.8) is 0 Å². The number of hydrogen-bond acceptors (Lipinski definition) is 1. The average Bonchev–Trinajstić information content (AvgIpc) is 2.77. The number of benzene rings is 1. The van der Waals surface area contributed by atoms with Gasteiger partial charge in [0, 0.05) is 15.6 Å². The zero-order valence-corrected chi connectivity index (χ0v) is 14.2. The molecule has 1 nitrogen and oxygen atoms in total. The second-order valence-corrected chi connectivity index (χ2v) is 7.87. The number of nitrogens with one attached hydrogen (secondary N) is 1. The summed E-state index contributed by atoms with van der Waals surface area (Å²) >= 11 is 12.3. The summed E-state index contributed by atoms with van der Waals surface area (Å²) < 4.78 is 0. The van der Waals surface area contributed by atoms with Gasteiger partial charge in [-0.2, -0.15) is 0 Å². The van der Waals surface area contributed by atoms with Crippen LogP contribution in [0.4, 0.5) is 0 Å². The molecule has 1 fully saturated rings. The van der Waals surface area contributed by atoms with Gasteiger partial charge in [0.2, 0.25) is 0 Å². The monoisotopic (exact) mass is 313 g/mol. The molecule has 1 aromatic carbocycles. The maximum absolute atomic E-state index is 6.31. The maximum atomic E-state index is 6.31. The Morgan fingerprint density at radius 1 is 1.15 bits per heavy atom. The Bertz CT molecular complexity index is 451. The third kappa shape index (κ3) is 4.65. The Balaban J connectivity index is 1.97. The molecule has 0 heterocycles. The van der Waals surface area contributed by atoms with Gasteiger partial charge in [0.25, 0.3) is 0 Å². The van der Waals surface area contributed by atoms with Gasteiger partial charge in [0.15, 0.2) is 0 Å². The molecule has 1 N–H and O–H groups in total. The van der Waals surface area contributed by atoms with Crippen molar-refractivity contribution in [3.8, 4) is 0 Å². The molecule has 0 spiro atoms. The lowest BCUT2D eigenvalue weighted by Crippen LogP contribution is -2.40. The highest BCUT2D eigenvalue weighted by Crippen LogP contribution is 2.36. The third-order valence-corrected chi connectivity index (χ3v) is 4.80. The lowest BCUT2D eigenvalue weighted by Gasteiger charge is -2.26. The van der Waals surface area contributed by atoms with Crippen molar-refractivity contribution < 1.29 is 0 Å². The van der Waals surface area contributed by atoms with Gasteiger partial charge in [0.1, 0.15) is 0 Å². The Hall–Kier alpha value is -0.240. The molecule has 20 heavy (non-hydrogen) atoms. The number of halogens is 2. The molecule has 3 heteroatoms. The highest BCUT2D eigenvalue weighted by atomic mass is 35.5. The first-order chi connectivity index (χ1) is 9.35. The second kappa shape index (κ2) is 6.68. The molecule has 1 saturated carbocycles.